The molecule has 1 fully saturated rings. The van der Waals surface area contributed by atoms with Crippen LogP contribution in [0, 0.1) is 0 Å². The van der Waals surface area contributed by atoms with Crippen LogP contribution >= 0.6 is 0 Å². The molecular weight excluding hydrogens is 264 g/mol. The summed E-state index contributed by atoms with van der Waals surface area (Å²) < 4.78 is 1.86. The molecule has 21 heavy (non-hydrogen) atoms. The van der Waals surface area contributed by atoms with Gasteiger partial charge in [0.2, 0.25) is 0 Å². The Morgan fingerprint density at radius 2 is 2.14 bits per heavy atom. The largest absolute Gasteiger partial charge is 0.355 e. The van der Waals surface area contributed by atoms with E-state index in [2.05, 4.69) is 28.8 Å². The predicted molar refractivity (Wildman–Crippen MR) is 84.1 cm³/mol. The monoisotopic (exact) mass is 286 g/mol. The first kappa shape index (κ1) is 14.1. The molecule has 1 aliphatic heterocycles. The maximum absolute atomic E-state index is 11.5. The second-order valence-corrected chi connectivity index (χ2v) is 5.64. The summed E-state index contributed by atoms with van der Waals surface area (Å²) in [6.45, 7) is 5.56. The van der Waals surface area contributed by atoms with Gasteiger partial charge in [-0.3, -0.25) is 9.20 Å². The van der Waals surface area contributed by atoms with Gasteiger partial charge in [0.05, 0.1) is 0 Å². The smallest absolute Gasteiger partial charge is 0.170 e. The number of fused-ring (bicyclic) bond motifs is 1. The number of hydrogen-bond donors (Lipinski definition) is 0. The van der Waals surface area contributed by atoms with Gasteiger partial charge in [-0.05, 0) is 31.5 Å². The van der Waals surface area contributed by atoms with Crippen LogP contribution in [0.1, 0.15) is 30.3 Å². The molecule has 0 aliphatic carbocycles. The molecule has 5 nitrogen and oxygen atoms in total. The lowest BCUT2D eigenvalue weighted by Crippen LogP contribution is -2.43. The van der Waals surface area contributed by atoms with Crippen LogP contribution in [0.15, 0.2) is 24.4 Å². The molecule has 5 heteroatoms. The second kappa shape index (κ2) is 5.85. The number of rotatable bonds is 4. The molecule has 0 N–H and O–H groups in total. The van der Waals surface area contributed by atoms with Crippen LogP contribution in [-0.4, -0.2) is 53.3 Å². The first-order valence-corrected chi connectivity index (χ1v) is 7.62. The Hall–Kier alpha value is -1.88. The van der Waals surface area contributed by atoms with Gasteiger partial charge >= 0.3 is 0 Å². The highest BCUT2D eigenvalue weighted by Gasteiger charge is 2.25. The van der Waals surface area contributed by atoms with Gasteiger partial charge in [-0.15, -0.1) is 0 Å². The van der Waals surface area contributed by atoms with Gasteiger partial charge in [0.25, 0.3) is 0 Å². The molecule has 0 atom stereocenters. The van der Waals surface area contributed by atoms with Crippen molar-refractivity contribution < 1.29 is 4.79 Å². The van der Waals surface area contributed by atoms with E-state index in [-0.39, 0.29) is 0 Å². The SMILES string of the molecule is CCN1CCC(N(C)c2nc3ccccn3c2C=O)CC1. The zero-order valence-corrected chi connectivity index (χ0v) is 12.7. The van der Waals surface area contributed by atoms with Crippen molar-refractivity contribution in [1.82, 2.24) is 14.3 Å². The fraction of sp³-hybridized carbons (Fsp3) is 0.500. The van der Waals surface area contributed by atoms with Crippen molar-refractivity contribution in [3.8, 4) is 0 Å². The summed E-state index contributed by atoms with van der Waals surface area (Å²) in [6.07, 6.45) is 5.04. The van der Waals surface area contributed by atoms with Crippen LogP contribution < -0.4 is 4.90 Å². The third-order valence-electron chi connectivity index (χ3n) is 4.55. The van der Waals surface area contributed by atoms with E-state index >= 15 is 0 Å². The topological polar surface area (TPSA) is 40.9 Å². The lowest BCUT2D eigenvalue weighted by atomic mass is 10.0. The number of nitrogens with zero attached hydrogens (tertiary/aromatic N) is 4. The van der Waals surface area contributed by atoms with Crippen molar-refractivity contribution in [1.29, 1.82) is 0 Å². The van der Waals surface area contributed by atoms with Crippen molar-refractivity contribution >= 4 is 17.8 Å². The number of piperidine rings is 1. The summed E-state index contributed by atoms with van der Waals surface area (Å²) in [4.78, 5) is 20.8. The maximum Gasteiger partial charge on any atom is 0.170 e. The van der Waals surface area contributed by atoms with Crippen LogP contribution in [0.5, 0.6) is 0 Å². The summed E-state index contributed by atoms with van der Waals surface area (Å²) >= 11 is 0. The third-order valence-corrected chi connectivity index (χ3v) is 4.55. The Bertz CT molecular complexity index is 628. The van der Waals surface area contributed by atoms with Crippen LogP contribution in [0.25, 0.3) is 5.65 Å². The second-order valence-electron chi connectivity index (χ2n) is 5.64. The minimum absolute atomic E-state index is 0.455. The summed E-state index contributed by atoms with van der Waals surface area (Å²) in [5.41, 5.74) is 1.47. The number of aldehydes is 1. The van der Waals surface area contributed by atoms with E-state index in [1.807, 2.05) is 28.8 Å². The quantitative estimate of drug-likeness (QED) is 0.807. The molecule has 1 saturated heterocycles. The average molecular weight is 286 g/mol. The highest BCUT2D eigenvalue weighted by atomic mass is 16.1. The Kier molecular flexibility index (Phi) is 3.92. The molecule has 0 spiro atoms. The van der Waals surface area contributed by atoms with Gasteiger partial charge in [0.1, 0.15) is 11.3 Å². The molecular formula is C16H22N4O. The molecule has 0 amide bonds. The lowest BCUT2D eigenvalue weighted by molar-refractivity contribution is 0.111. The number of carbonyl (C=O) groups is 1. The molecule has 0 unspecified atom stereocenters. The molecule has 3 rings (SSSR count). The van der Waals surface area contributed by atoms with Crippen molar-refractivity contribution in [2.75, 3.05) is 31.6 Å². The summed E-state index contributed by atoms with van der Waals surface area (Å²) in [5, 5.41) is 0. The zero-order chi connectivity index (χ0) is 14.8. The van der Waals surface area contributed by atoms with Crippen LogP contribution in [0.4, 0.5) is 5.82 Å². The van der Waals surface area contributed by atoms with Crippen molar-refractivity contribution in [2.45, 2.75) is 25.8 Å². The first-order chi connectivity index (χ1) is 10.2. The first-order valence-electron chi connectivity index (χ1n) is 7.62. The van der Waals surface area contributed by atoms with Gasteiger partial charge in [0.15, 0.2) is 12.1 Å². The highest BCUT2D eigenvalue weighted by molar-refractivity contribution is 5.83. The number of carbonyl (C=O) groups excluding carboxylic acids is 1. The molecule has 2 aromatic heterocycles. The van der Waals surface area contributed by atoms with E-state index < -0.39 is 0 Å². The number of likely N-dealkylation sites (tertiary alicyclic amines) is 1. The maximum atomic E-state index is 11.5. The van der Waals surface area contributed by atoms with Gasteiger partial charge in [-0.1, -0.05) is 13.0 Å². The average Bonchev–Trinajstić information content (AvgIpc) is 2.92. The number of hydrogen-bond acceptors (Lipinski definition) is 4. The molecule has 112 valence electrons. The molecule has 1 aliphatic rings. The third kappa shape index (κ3) is 2.53. The molecule has 0 aromatic carbocycles. The van der Waals surface area contributed by atoms with E-state index in [1.54, 1.807) is 0 Å². The minimum atomic E-state index is 0.455. The molecule has 0 bridgehead atoms. The van der Waals surface area contributed by atoms with Crippen LogP contribution in [-0.2, 0) is 0 Å². The normalized spacial score (nSPS) is 17.2. The van der Waals surface area contributed by atoms with E-state index in [1.165, 1.54) is 0 Å². The van der Waals surface area contributed by atoms with E-state index in [0.29, 0.717) is 11.7 Å². The van der Waals surface area contributed by atoms with E-state index in [9.17, 15) is 4.79 Å². The lowest BCUT2D eigenvalue weighted by Gasteiger charge is -2.36. The fourth-order valence-corrected chi connectivity index (χ4v) is 3.17. The molecule has 0 radical (unpaired) electrons. The van der Waals surface area contributed by atoms with Crippen molar-refractivity contribution in [2.24, 2.45) is 0 Å². The number of anilines is 1. The Morgan fingerprint density at radius 1 is 1.38 bits per heavy atom. The van der Waals surface area contributed by atoms with Crippen molar-refractivity contribution in [3.63, 3.8) is 0 Å². The van der Waals surface area contributed by atoms with E-state index in [0.717, 1.165) is 50.2 Å². The standard InChI is InChI=1S/C16H22N4O/c1-3-19-10-7-13(8-11-19)18(2)16-14(12-21)20-9-5-4-6-15(20)17-16/h4-6,9,12-13H,3,7-8,10-11H2,1-2H3. The number of pyridine rings is 1. The van der Waals surface area contributed by atoms with Gasteiger partial charge in [-0.25, -0.2) is 4.98 Å². The Morgan fingerprint density at radius 3 is 2.81 bits per heavy atom. The van der Waals surface area contributed by atoms with Gasteiger partial charge < -0.3 is 9.80 Å². The Balaban J connectivity index is 1.88. The molecule has 0 saturated carbocycles. The number of imidazole rings is 1. The predicted octanol–water partition coefficient (Wildman–Crippen LogP) is 2.07. The number of aromatic nitrogens is 2. The van der Waals surface area contributed by atoms with Gasteiger partial charge in [-0.2, -0.15) is 0 Å². The molecule has 3 heterocycles. The van der Waals surface area contributed by atoms with Crippen molar-refractivity contribution in [3.05, 3.63) is 30.1 Å². The van der Waals surface area contributed by atoms with E-state index in [4.69, 9.17) is 0 Å². The minimum Gasteiger partial charge on any atom is -0.355 e. The van der Waals surface area contributed by atoms with Gasteiger partial charge in [0, 0.05) is 32.4 Å². The zero-order valence-electron chi connectivity index (χ0n) is 12.7. The summed E-state index contributed by atoms with van der Waals surface area (Å²) in [7, 11) is 2.06. The van der Waals surface area contributed by atoms with Crippen LogP contribution in [0.3, 0.4) is 0 Å². The van der Waals surface area contributed by atoms with Crippen LogP contribution in [0.2, 0.25) is 0 Å². The molecule has 2 aromatic rings. The summed E-state index contributed by atoms with van der Waals surface area (Å²) in [6, 6.07) is 6.26. The summed E-state index contributed by atoms with van der Waals surface area (Å²) in [5.74, 6) is 0.797. The Labute approximate surface area is 125 Å². The fourth-order valence-electron chi connectivity index (χ4n) is 3.17. The highest BCUT2D eigenvalue weighted by Crippen LogP contribution is 2.25.